The molecule has 2 aromatic rings. The lowest BCUT2D eigenvalue weighted by Crippen LogP contribution is -2.10. The standard InChI is InChI=1S/C20H21NO3/c22-20(14-16-4-2-1-3-5-16)24-19-8-6-18(7-9-19)23-15-17-10-12-21-13-11-17/h4,6-13H,1-3,5,14-15H2. The summed E-state index contributed by atoms with van der Waals surface area (Å²) in [7, 11) is 0. The van der Waals surface area contributed by atoms with Crippen molar-refractivity contribution >= 4 is 5.97 Å². The van der Waals surface area contributed by atoms with Gasteiger partial charge in [-0.05, 0) is 67.6 Å². The van der Waals surface area contributed by atoms with Crippen LogP contribution < -0.4 is 9.47 Å². The van der Waals surface area contributed by atoms with Crippen molar-refractivity contribution in [2.75, 3.05) is 0 Å². The van der Waals surface area contributed by atoms with E-state index < -0.39 is 0 Å². The summed E-state index contributed by atoms with van der Waals surface area (Å²) in [5.74, 6) is 1.09. The summed E-state index contributed by atoms with van der Waals surface area (Å²) in [4.78, 5) is 15.9. The Bertz CT molecular complexity index is 693. The maximum atomic E-state index is 12.0. The van der Waals surface area contributed by atoms with E-state index in [1.807, 2.05) is 24.3 Å². The van der Waals surface area contributed by atoms with E-state index in [1.54, 1.807) is 24.5 Å². The highest BCUT2D eigenvalue weighted by atomic mass is 16.5. The van der Waals surface area contributed by atoms with Crippen molar-refractivity contribution in [2.45, 2.75) is 38.7 Å². The third kappa shape index (κ3) is 4.95. The van der Waals surface area contributed by atoms with Gasteiger partial charge in [0.05, 0.1) is 6.42 Å². The normalized spacial score (nSPS) is 13.9. The number of hydrogen-bond donors (Lipinski definition) is 0. The van der Waals surface area contributed by atoms with E-state index in [9.17, 15) is 4.79 Å². The summed E-state index contributed by atoms with van der Waals surface area (Å²) in [5.41, 5.74) is 2.25. The zero-order chi connectivity index (χ0) is 16.6. The van der Waals surface area contributed by atoms with E-state index in [-0.39, 0.29) is 5.97 Å². The zero-order valence-electron chi connectivity index (χ0n) is 13.6. The lowest BCUT2D eigenvalue weighted by Gasteiger charge is -2.12. The minimum Gasteiger partial charge on any atom is -0.489 e. The molecule has 1 heterocycles. The van der Waals surface area contributed by atoms with Gasteiger partial charge in [0.2, 0.25) is 0 Å². The Labute approximate surface area is 142 Å². The van der Waals surface area contributed by atoms with Gasteiger partial charge in [-0.2, -0.15) is 0 Å². The molecular weight excluding hydrogens is 302 g/mol. The van der Waals surface area contributed by atoms with Gasteiger partial charge < -0.3 is 9.47 Å². The van der Waals surface area contributed by atoms with Crippen molar-refractivity contribution in [1.29, 1.82) is 0 Å². The van der Waals surface area contributed by atoms with E-state index >= 15 is 0 Å². The second-order valence-electron chi connectivity index (χ2n) is 5.87. The first-order valence-corrected chi connectivity index (χ1v) is 8.30. The lowest BCUT2D eigenvalue weighted by molar-refractivity contribution is -0.133. The number of esters is 1. The van der Waals surface area contributed by atoms with Gasteiger partial charge in [0, 0.05) is 12.4 Å². The van der Waals surface area contributed by atoms with Crippen LogP contribution in [0.25, 0.3) is 0 Å². The third-order valence-electron chi connectivity index (χ3n) is 3.97. The van der Waals surface area contributed by atoms with Crippen molar-refractivity contribution in [3.63, 3.8) is 0 Å². The van der Waals surface area contributed by atoms with Gasteiger partial charge in [-0.25, -0.2) is 0 Å². The molecule has 0 unspecified atom stereocenters. The Balaban J connectivity index is 1.49. The number of aromatic nitrogens is 1. The first-order valence-electron chi connectivity index (χ1n) is 8.30. The molecule has 0 saturated carbocycles. The third-order valence-corrected chi connectivity index (χ3v) is 3.97. The van der Waals surface area contributed by atoms with Crippen LogP contribution in [0.4, 0.5) is 0 Å². The van der Waals surface area contributed by atoms with Crippen LogP contribution in [-0.4, -0.2) is 11.0 Å². The molecule has 124 valence electrons. The van der Waals surface area contributed by atoms with Crippen molar-refractivity contribution in [1.82, 2.24) is 4.98 Å². The van der Waals surface area contributed by atoms with E-state index in [1.165, 1.54) is 18.4 Å². The van der Waals surface area contributed by atoms with E-state index in [4.69, 9.17) is 9.47 Å². The number of benzene rings is 1. The molecule has 3 rings (SSSR count). The molecule has 0 aliphatic heterocycles. The monoisotopic (exact) mass is 323 g/mol. The second kappa shape index (κ2) is 8.29. The molecular formula is C20H21NO3. The Kier molecular flexibility index (Phi) is 5.61. The molecule has 24 heavy (non-hydrogen) atoms. The largest absolute Gasteiger partial charge is 0.489 e. The predicted molar refractivity (Wildman–Crippen MR) is 91.8 cm³/mol. The fraction of sp³-hybridized carbons (Fsp3) is 0.300. The average Bonchev–Trinajstić information content (AvgIpc) is 2.63. The van der Waals surface area contributed by atoms with Crippen molar-refractivity contribution in [3.8, 4) is 11.5 Å². The molecule has 0 N–H and O–H groups in total. The molecule has 0 fully saturated rings. The number of carbonyl (C=O) groups excluding carboxylic acids is 1. The molecule has 4 heteroatoms. The molecule has 0 bridgehead atoms. The van der Waals surface area contributed by atoms with Gasteiger partial charge in [-0.1, -0.05) is 11.6 Å². The maximum Gasteiger partial charge on any atom is 0.315 e. The molecule has 0 saturated heterocycles. The van der Waals surface area contributed by atoms with Gasteiger partial charge in [0.25, 0.3) is 0 Å². The SMILES string of the molecule is O=C(CC1=CCCCC1)Oc1ccc(OCc2ccncc2)cc1. The number of pyridine rings is 1. The zero-order valence-corrected chi connectivity index (χ0v) is 13.6. The van der Waals surface area contributed by atoms with E-state index in [2.05, 4.69) is 11.1 Å². The van der Waals surface area contributed by atoms with Crippen LogP contribution >= 0.6 is 0 Å². The Morgan fingerprint density at radius 3 is 2.46 bits per heavy atom. The van der Waals surface area contributed by atoms with Gasteiger partial charge in [0.15, 0.2) is 0 Å². The van der Waals surface area contributed by atoms with Crippen molar-refractivity contribution in [2.24, 2.45) is 0 Å². The van der Waals surface area contributed by atoms with Gasteiger partial charge in [-0.15, -0.1) is 0 Å². The summed E-state index contributed by atoms with van der Waals surface area (Å²) in [6.07, 6.45) is 10.5. The maximum absolute atomic E-state index is 12.0. The minimum atomic E-state index is -0.200. The smallest absolute Gasteiger partial charge is 0.315 e. The van der Waals surface area contributed by atoms with Crippen LogP contribution in [0.1, 0.15) is 37.7 Å². The van der Waals surface area contributed by atoms with Crippen LogP contribution in [-0.2, 0) is 11.4 Å². The van der Waals surface area contributed by atoms with Crippen molar-refractivity contribution in [3.05, 3.63) is 66.0 Å². The van der Waals surface area contributed by atoms with Gasteiger partial charge >= 0.3 is 5.97 Å². The number of hydrogen-bond acceptors (Lipinski definition) is 4. The van der Waals surface area contributed by atoms with Crippen molar-refractivity contribution < 1.29 is 14.3 Å². The number of rotatable bonds is 6. The first kappa shape index (κ1) is 16.2. The lowest BCUT2D eigenvalue weighted by atomic mass is 9.97. The highest BCUT2D eigenvalue weighted by Crippen LogP contribution is 2.22. The van der Waals surface area contributed by atoms with Crippen LogP contribution in [0.2, 0.25) is 0 Å². The molecule has 0 amide bonds. The molecule has 1 aliphatic carbocycles. The molecule has 1 aromatic heterocycles. The summed E-state index contributed by atoms with van der Waals surface area (Å²) >= 11 is 0. The average molecular weight is 323 g/mol. The Morgan fingerprint density at radius 1 is 1.00 bits per heavy atom. The fourth-order valence-electron chi connectivity index (χ4n) is 2.67. The topological polar surface area (TPSA) is 48.4 Å². The quantitative estimate of drug-likeness (QED) is 0.447. The van der Waals surface area contributed by atoms with Crippen LogP contribution in [0.5, 0.6) is 11.5 Å². The molecule has 0 atom stereocenters. The molecule has 0 radical (unpaired) electrons. The fourth-order valence-corrected chi connectivity index (χ4v) is 2.67. The summed E-state index contributed by atoms with van der Waals surface area (Å²) in [6.45, 7) is 0.482. The van der Waals surface area contributed by atoms with Crippen LogP contribution in [0.15, 0.2) is 60.4 Å². The number of allylic oxidation sites excluding steroid dienone is 1. The molecule has 1 aliphatic rings. The summed E-state index contributed by atoms with van der Waals surface area (Å²) in [6, 6.07) is 11.0. The first-order chi connectivity index (χ1) is 11.8. The van der Waals surface area contributed by atoms with E-state index in [0.29, 0.717) is 18.8 Å². The second-order valence-corrected chi connectivity index (χ2v) is 5.87. The highest BCUT2D eigenvalue weighted by molar-refractivity contribution is 5.75. The van der Waals surface area contributed by atoms with E-state index in [0.717, 1.165) is 24.2 Å². The molecule has 1 aromatic carbocycles. The Hall–Kier alpha value is -2.62. The van der Waals surface area contributed by atoms with Gasteiger partial charge in [0.1, 0.15) is 18.1 Å². The van der Waals surface area contributed by atoms with Crippen LogP contribution in [0, 0.1) is 0 Å². The van der Waals surface area contributed by atoms with Gasteiger partial charge in [-0.3, -0.25) is 9.78 Å². The Morgan fingerprint density at radius 2 is 1.75 bits per heavy atom. The summed E-state index contributed by atoms with van der Waals surface area (Å²) in [5, 5.41) is 0. The predicted octanol–water partition coefficient (Wildman–Crippen LogP) is 4.46. The molecule has 0 spiro atoms. The number of ether oxygens (including phenoxy) is 2. The van der Waals surface area contributed by atoms with Crippen LogP contribution in [0.3, 0.4) is 0 Å². The number of nitrogens with zero attached hydrogens (tertiary/aromatic N) is 1. The number of carbonyl (C=O) groups is 1. The summed E-state index contributed by atoms with van der Waals surface area (Å²) < 4.78 is 11.1. The highest BCUT2D eigenvalue weighted by Gasteiger charge is 2.11. The molecule has 4 nitrogen and oxygen atoms in total. The minimum absolute atomic E-state index is 0.200.